The van der Waals surface area contributed by atoms with E-state index in [1.54, 1.807) is 11.8 Å². The lowest BCUT2D eigenvalue weighted by atomic mass is 10.1. The molecule has 0 radical (unpaired) electrons. The van der Waals surface area contributed by atoms with Gasteiger partial charge in [0, 0.05) is 45.0 Å². The summed E-state index contributed by atoms with van der Waals surface area (Å²) in [6.07, 6.45) is 6.09. The van der Waals surface area contributed by atoms with Gasteiger partial charge in [-0.25, -0.2) is 9.67 Å². The van der Waals surface area contributed by atoms with E-state index in [0.717, 1.165) is 43.1 Å². The molecule has 6 heteroatoms. The summed E-state index contributed by atoms with van der Waals surface area (Å²) in [6.45, 7) is 3.79. The molecule has 0 saturated carbocycles. The monoisotopic (exact) mass is 275 g/mol. The number of nitrogens with zero attached hydrogens (tertiary/aromatic N) is 4. The summed E-state index contributed by atoms with van der Waals surface area (Å²) in [5.41, 5.74) is 2.17. The van der Waals surface area contributed by atoms with Crippen LogP contribution in [0, 0.1) is 6.92 Å². The topological polar surface area (TPSA) is 56.9 Å². The van der Waals surface area contributed by atoms with E-state index in [4.69, 9.17) is 4.74 Å². The highest BCUT2D eigenvalue weighted by Gasteiger charge is 2.20. The predicted molar refractivity (Wildman–Crippen MR) is 75.7 cm³/mol. The number of methoxy groups -OCH3 is 1. The highest BCUT2D eigenvalue weighted by atomic mass is 16.5. The van der Waals surface area contributed by atoms with Crippen LogP contribution in [-0.4, -0.2) is 32.5 Å². The Morgan fingerprint density at radius 2 is 2.35 bits per heavy atom. The largest absolute Gasteiger partial charge is 0.481 e. The van der Waals surface area contributed by atoms with Crippen molar-refractivity contribution in [1.82, 2.24) is 24.6 Å². The molecule has 1 aliphatic rings. The van der Waals surface area contributed by atoms with E-state index >= 15 is 0 Å². The summed E-state index contributed by atoms with van der Waals surface area (Å²) in [5.74, 6) is 2.03. The maximum absolute atomic E-state index is 5.43. The van der Waals surface area contributed by atoms with Gasteiger partial charge in [0.15, 0.2) is 0 Å². The molecule has 108 valence electrons. The fourth-order valence-electron chi connectivity index (χ4n) is 2.92. The molecule has 0 aliphatic carbocycles. The quantitative estimate of drug-likeness (QED) is 0.906. The van der Waals surface area contributed by atoms with Gasteiger partial charge in [-0.2, -0.15) is 5.10 Å². The zero-order valence-electron chi connectivity index (χ0n) is 12.3. The molecule has 3 rings (SSSR count). The summed E-state index contributed by atoms with van der Waals surface area (Å²) < 4.78 is 9.45. The van der Waals surface area contributed by atoms with Gasteiger partial charge in [-0.3, -0.25) is 0 Å². The number of aryl methyl sites for hydroxylation is 3. The molecule has 0 saturated heterocycles. The lowest BCUT2D eigenvalue weighted by molar-refractivity contribution is 0.356. The lowest BCUT2D eigenvalue weighted by Crippen LogP contribution is -2.37. The van der Waals surface area contributed by atoms with Crippen LogP contribution in [0.1, 0.15) is 23.5 Å². The van der Waals surface area contributed by atoms with Gasteiger partial charge in [-0.15, -0.1) is 0 Å². The van der Waals surface area contributed by atoms with Gasteiger partial charge in [0.25, 0.3) is 0 Å². The van der Waals surface area contributed by atoms with E-state index in [0.29, 0.717) is 6.04 Å². The Bertz CT molecular complexity index is 601. The van der Waals surface area contributed by atoms with E-state index < -0.39 is 0 Å². The number of aromatic nitrogens is 4. The molecule has 1 aliphatic heterocycles. The summed E-state index contributed by atoms with van der Waals surface area (Å²) >= 11 is 0. The molecule has 3 heterocycles. The molecule has 1 unspecified atom stereocenters. The maximum Gasteiger partial charge on any atom is 0.216 e. The van der Waals surface area contributed by atoms with E-state index in [1.807, 2.05) is 20.2 Å². The summed E-state index contributed by atoms with van der Waals surface area (Å²) in [5, 5.41) is 8.03. The average Bonchev–Trinajstić information content (AvgIpc) is 2.99. The Labute approximate surface area is 118 Å². The SMILES string of the molecule is COc1c(CNC2CCc3nccn3C2)c(C)nn1C. The van der Waals surface area contributed by atoms with Crippen molar-refractivity contribution in [1.29, 1.82) is 0 Å². The highest BCUT2D eigenvalue weighted by molar-refractivity contribution is 5.30. The van der Waals surface area contributed by atoms with Crippen LogP contribution in [0.4, 0.5) is 0 Å². The Morgan fingerprint density at radius 3 is 3.15 bits per heavy atom. The number of hydrogen-bond acceptors (Lipinski definition) is 4. The van der Waals surface area contributed by atoms with Crippen LogP contribution in [-0.2, 0) is 26.6 Å². The first-order valence-corrected chi connectivity index (χ1v) is 6.99. The van der Waals surface area contributed by atoms with Crippen molar-refractivity contribution in [3.63, 3.8) is 0 Å². The van der Waals surface area contributed by atoms with E-state index in [9.17, 15) is 0 Å². The average molecular weight is 275 g/mol. The molecule has 2 aromatic rings. The van der Waals surface area contributed by atoms with Crippen molar-refractivity contribution in [3.8, 4) is 5.88 Å². The standard InChI is InChI=1S/C14H21N5O/c1-10-12(14(20-3)18(2)17-10)8-16-11-4-5-13-15-6-7-19(13)9-11/h6-7,11,16H,4-5,8-9H2,1-3H3. The number of rotatable bonds is 4. The molecule has 0 spiro atoms. The van der Waals surface area contributed by atoms with Gasteiger partial charge in [-0.05, 0) is 13.3 Å². The van der Waals surface area contributed by atoms with Crippen LogP contribution < -0.4 is 10.1 Å². The van der Waals surface area contributed by atoms with Crippen LogP contribution in [0.3, 0.4) is 0 Å². The summed E-state index contributed by atoms with van der Waals surface area (Å²) in [7, 11) is 3.60. The minimum atomic E-state index is 0.473. The van der Waals surface area contributed by atoms with Crippen LogP contribution in [0.2, 0.25) is 0 Å². The van der Waals surface area contributed by atoms with Crippen molar-refractivity contribution in [2.75, 3.05) is 7.11 Å². The van der Waals surface area contributed by atoms with Gasteiger partial charge in [0.1, 0.15) is 5.82 Å². The van der Waals surface area contributed by atoms with E-state index in [1.165, 1.54) is 5.82 Å². The molecule has 1 N–H and O–H groups in total. The molecule has 20 heavy (non-hydrogen) atoms. The third-order valence-electron chi connectivity index (χ3n) is 3.98. The maximum atomic E-state index is 5.43. The predicted octanol–water partition coefficient (Wildman–Crippen LogP) is 1.04. The van der Waals surface area contributed by atoms with Gasteiger partial charge in [0.05, 0.1) is 18.4 Å². The molecular formula is C14H21N5O. The number of hydrogen-bond donors (Lipinski definition) is 1. The van der Waals surface area contributed by atoms with Crippen LogP contribution in [0.15, 0.2) is 12.4 Å². The molecule has 0 aromatic carbocycles. The Balaban J connectivity index is 1.66. The first-order valence-electron chi connectivity index (χ1n) is 6.99. The Hall–Kier alpha value is -1.82. The van der Waals surface area contributed by atoms with Gasteiger partial charge >= 0.3 is 0 Å². The van der Waals surface area contributed by atoms with E-state index in [-0.39, 0.29) is 0 Å². The third-order valence-corrected chi connectivity index (χ3v) is 3.98. The summed E-state index contributed by atoms with van der Waals surface area (Å²) in [4.78, 5) is 4.36. The van der Waals surface area contributed by atoms with Crippen molar-refractivity contribution >= 4 is 0 Å². The fourth-order valence-corrected chi connectivity index (χ4v) is 2.92. The van der Waals surface area contributed by atoms with Crippen molar-refractivity contribution < 1.29 is 4.74 Å². The number of imidazole rings is 1. The Kier molecular flexibility index (Phi) is 3.48. The van der Waals surface area contributed by atoms with E-state index in [2.05, 4.69) is 26.2 Å². The van der Waals surface area contributed by atoms with Gasteiger partial charge < -0.3 is 14.6 Å². The highest BCUT2D eigenvalue weighted by Crippen LogP contribution is 2.21. The number of ether oxygens (including phenoxy) is 1. The molecule has 6 nitrogen and oxygen atoms in total. The molecule has 0 fully saturated rings. The zero-order chi connectivity index (χ0) is 14.1. The summed E-state index contributed by atoms with van der Waals surface area (Å²) in [6, 6.07) is 0.473. The van der Waals surface area contributed by atoms with Gasteiger partial charge in [-0.1, -0.05) is 0 Å². The molecule has 1 atom stereocenters. The van der Waals surface area contributed by atoms with Crippen molar-refractivity contribution in [2.24, 2.45) is 7.05 Å². The molecule has 0 amide bonds. The zero-order valence-corrected chi connectivity index (χ0v) is 12.3. The minimum Gasteiger partial charge on any atom is -0.481 e. The number of nitrogens with one attached hydrogen (secondary N) is 1. The first kappa shape index (κ1) is 13.2. The second-order valence-corrected chi connectivity index (χ2v) is 5.31. The van der Waals surface area contributed by atoms with Crippen LogP contribution in [0.25, 0.3) is 0 Å². The van der Waals surface area contributed by atoms with Gasteiger partial charge in [0.2, 0.25) is 5.88 Å². The van der Waals surface area contributed by atoms with Crippen LogP contribution in [0.5, 0.6) is 5.88 Å². The normalized spacial score (nSPS) is 18.1. The fraction of sp³-hybridized carbons (Fsp3) is 0.571. The molecule has 0 bridgehead atoms. The second kappa shape index (κ2) is 5.28. The second-order valence-electron chi connectivity index (χ2n) is 5.31. The van der Waals surface area contributed by atoms with Crippen molar-refractivity contribution in [2.45, 2.75) is 38.9 Å². The third kappa shape index (κ3) is 2.31. The Morgan fingerprint density at radius 1 is 1.50 bits per heavy atom. The smallest absolute Gasteiger partial charge is 0.216 e. The first-order chi connectivity index (χ1) is 9.69. The lowest BCUT2D eigenvalue weighted by Gasteiger charge is -2.24. The van der Waals surface area contributed by atoms with Crippen molar-refractivity contribution in [3.05, 3.63) is 29.5 Å². The number of fused-ring (bicyclic) bond motifs is 1. The minimum absolute atomic E-state index is 0.473. The van der Waals surface area contributed by atoms with Crippen LogP contribution >= 0.6 is 0 Å². The molecule has 2 aromatic heterocycles. The molecular weight excluding hydrogens is 254 g/mol.